The van der Waals surface area contributed by atoms with Gasteiger partial charge in [-0.15, -0.1) is 0 Å². The van der Waals surface area contributed by atoms with Crippen molar-refractivity contribution in [1.82, 2.24) is 14.4 Å². The maximum Gasteiger partial charge on any atom is 0.248 e. The van der Waals surface area contributed by atoms with Crippen molar-refractivity contribution in [2.75, 3.05) is 59.7 Å². The maximum atomic E-state index is 12.7. The molecule has 0 aromatic carbocycles. The standard InChI is InChI=1S/C14H25N3O5S/c1-12-14(13(2)22-15-12)23(18,19)17-6-4-16(5-7-17)8-9-21-11-10-20-3/h4-11H2,1-3H3. The van der Waals surface area contributed by atoms with E-state index in [1.54, 1.807) is 21.0 Å². The number of hydrogen-bond donors (Lipinski definition) is 0. The fraction of sp³-hybridized carbons (Fsp3) is 0.786. The zero-order valence-electron chi connectivity index (χ0n) is 13.9. The van der Waals surface area contributed by atoms with Crippen LogP contribution in [0.25, 0.3) is 0 Å². The molecule has 1 aliphatic heterocycles. The Hall–Kier alpha value is -1.00. The third-order valence-electron chi connectivity index (χ3n) is 3.88. The number of aryl methyl sites for hydroxylation is 2. The third-order valence-corrected chi connectivity index (χ3v) is 6.02. The van der Waals surface area contributed by atoms with Crippen molar-refractivity contribution < 1.29 is 22.4 Å². The van der Waals surface area contributed by atoms with Crippen molar-refractivity contribution in [2.45, 2.75) is 18.7 Å². The number of methoxy groups -OCH3 is 1. The van der Waals surface area contributed by atoms with E-state index in [0.717, 1.165) is 6.54 Å². The van der Waals surface area contributed by atoms with Crippen molar-refractivity contribution in [2.24, 2.45) is 0 Å². The van der Waals surface area contributed by atoms with Crippen LogP contribution in [0.2, 0.25) is 0 Å². The van der Waals surface area contributed by atoms with Gasteiger partial charge in [-0.05, 0) is 13.8 Å². The van der Waals surface area contributed by atoms with E-state index in [1.165, 1.54) is 4.31 Å². The highest BCUT2D eigenvalue weighted by atomic mass is 32.2. The molecule has 23 heavy (non-hydrogen) atoms. The Morgan fingerprint density at radius 1 is 1.13 bits per heavy atom. The second-order valence-corrected chi connectivity index (χ2v) is 7.38. The monoisotopic (exact) mass is 347 g/mol. The highest BCUT2D eigenvalue weighted by Crippen LogP contribution is 2.24. The molecule has 0 unspecified atom stereocenters. The summed E-state index contributed by atoms with van der Waals surface area (Å²) < 4.78 is 42.2. The molecule has 0 radical (unpaired) electrons. The first-order valence-electron chi connectivity index (χ1n) is 7.69. The summed E-state index contributed by atoms with van der Waals surface area (Å²) in [5, 5.41) is 3.74. The first-order valence-corrected chi connectivity index (χ1v) is 9.13. The van der Waals surface area contributed by atoms with Crippen LogP contribution in [-0.4, -0.2) is 82.4 Å². The normalized spacial score (nSPS) is 17.7. The van der Waals surface area contributed by atoms with Gasteiger partial charge < -0.3 is 14.0 Å². The Morgan fingerprint density at radius 2 is 1.83 bits per heavy atom. The second kappa shape index (κ2) is 8.20. The van der Waals surface area contributed by atoms with Crippen LogP contribution in [0.4, 0.5) is 0 Å². The van der Waals surface area contributed by atoms with Crippen molar-refractivity contribution in [1.29, 1.82) is 0 Å². The van der Waals surface area contributed by atoms with E-state index in [9.17, 15) is 8.42 Å². The number of hydrogen-bond acceptors (Lipinski definition) is 7. The molecule has 1 aromatic rings. The van der Waals surface area contributed by atoms with Gasteiger partial charge in [-0.3, -0.25) is 4.90 Å². The minimum atomic E-state index is -3.53. The predicted octanol–water partition coefficient (Wildman–Crippen LogP) is 0.261. The molecule has 1 fully saturated rings. The van der Waals surface area contributed by atoms with E-state index < -0.39 is 10.0 Å². The van der Waals surface area contributed by atoms with Gasteiger partial charge in [-0.2, -0.15) is 4.31 Å². The molecule has 0 atom stereocenters. The summed E-state index contributed by atoms with van der Waals surface area (Å²) in [7, 11) is -1.89. The van der Waals surface area contributed by atoms with Crippen LogP contribution in [0.3, 0.4) is 0 Å². The molecule has 9 heteroatoms. The average Bonchev–Trinajstić information content (AvgIpc) is 2.87. The zero-order valence-corrected chi connectivity index (χ0v) is 14.8. The number of aromatic nitrogens is 1. The molecule has 0 N–H and O–H groups in total. The summed E-state index contributed by atoms with van der Waals surface area (Å²) in [6.07, 6.45) is 0. The van der Waals surface area contributed by atoms with Gasteiger partial charge >= 0.3 is 0 Å². The molecule has 0 aliphatic carbocycles. The molecular formula is C14H25N3O5S. The van der Waals surface area contributed by atoms with Gasteiger partial charge in [-0.1, -0.05) is 5.16 Å². The summed E-state index contributed by atoms with van der Waals surface area (Å²) in [5.41, 5.74) is 0.413. The Balaban J connectivity index is 1.84. The molecule has 2 heterocycles. The van der Waals surface area contributed by atoms with E-state index in [0.29, 0.717) is 57.5 Å². The molecule has 132 valence electrons. The summed E-state index contributed by atoms with van der Waals surface area (Å²) in [4.78, 5) is 2.40. The lowest BCUT2D eigenvalue weighted by Gasteiger charge is -2.33. The molecule has 0 spiro atoms. The van der Waals surface area contributed by atoms with Crippen LogP contribution in [0.15, 0.2) is 9.42 Å². The first kappa shape index (κ1) is 18.3. The Morgan fingerprint density at radius 3 is 2.39 bits per heavy atom. The van der Waals surface area contributed by atoms with E-state index in [-0.39, 0.29) is 4.90 Å². The highest BCUT2D eigenvalue weighted by Gasteiger charge is 2.33. The molecule has 1 saturated heterocycles. The summed E-state index contributed by atoms with van der Waals surface area (Å²) in [6.45, 7) is 8.17. The van der Waals surface area contributed by atoms with E-state index >= 15 is 0 Å². The molecule has 0 saturated carbocycles. The summed E-state index contributed by atoms with van der Waals surface area (Å²) >= 11 is 0. The number of ether oxygens (including phenoxy) is 2. The largest absolute Gasteiger partial charge is 0.382 e. The molecular weight excluding hydrogens is 322 g/mol. The number of nitrogens with zero attached hydrogens (tertiary/aromatic N) is 3. The molecule has 0 amide bonds. The molecule has 1 aromatic heterocycles. The van der Waals surface area contributed by atoms with Crippen molar-refractivity contribution >= 4 is 10.0 Å². The third kappa shape index (κ3) is 4.51. The van der Waals surface area contributed by atoms with Gasteiger partial charge in [0, 0.05) is 39.8 Å². The molecule has 1 aliphatic rings. The second-order valence-electron chi connectivity index (χ2n) is 5.50. The fourth-order valence-electron chi connectivity index (χ4n) is 2.60. The number of piperazine rings is 1. The van der Waals surface area contributed by atoms with Crippen LogP contribution < -0.4 is 0 Å². The average molecular weight is 347 g/mol. The lowest BCUT2D eigenvalue weighted by molar-refractivity contribution is 0.0519. The van der Waals surface area contributed by atoms with Crippen LogP contribution in [0.5, 0.6) is 0 Å². The minimum Gasteiger partial charge on any atom is -0.382 e. The lowest BCUT2D eigenvalue weighted by atomic mass is 10.3. The van der Waals surface area contributed by atoms with Gasteiger partial charge in [0.05, 0.1) is 19.8 Å². The van der Waals surface area contributed by atoms with Gasteiger partial charge in [-0.25, -0.2) is 8.42 Å². The van der Waals surface area contributed by atoms with E-state index in [4.69, 9.17) is 14.0 Å². The van der Waals surface area contributed by atoms with Crippen LogP contribution in [0.1, 0.15) is 11.5 Å². The number of sulfonamides is 1. The maximum absolute atomic E-state index is 12.7. The van der Waals surface area contributed by atoms with Gasteiger partial charge in [0.15, 0.2) is 5.76 Å². The Kier molecular flexibility index (Phi) is 6.54. The SMILES string of the molecule is COCCOCCN1CCN(S(=O)(=O)c2c(C)noc2C)CC1. The fourth-order valence-corrected chi connectivity index (χ4v) is 4.32. The van der Waals surface area contributed by atoms with Crippen molar-refractivity contribution in [3.8, 4) is 0 Å². The van der Waals surface area contributed by atoms with Crippen LogP contribution in [0, 0.1) is 13.8 Å². The first-order chi connectivity index (χ1) is 11.0. The Labute approximate surface area is 137 Å². The molecule has 0 bridgehead atoms. The minimum absolute atomic E-state index is 0.203. The Bertz CT molecular complexity index is 574. The van der Waals surface area contributed by atoms with Crippen molar-refractivity contribution in [3.63, 3.8) is 0 Å². The number of rotatable bonds is 8. The van der Waals surface area contributed by atoms with Crippen LogP contribution in [-0.2, 0) is 19.5 Å². The summed E-state index contributed by atoms with van der Waals surface area (Å²) in [5.74, 6) is 0.344. The molecule has 2 rings (SSSR count). The van der Waals surface area contributed by atoms with Crippen molar-refractivity contribution in [3.05, 3.63) is 11.5 Å². The quantitative estimate of drug-likeness (QED) is 0.624. The lowest BCUT2D eigenvalue weighted by Crippen LogP contribution is -2.49. The van der Waals surface area contributed by atoms with Gasteiger partial charge in [0.1, 0.15) is 10.6 Å². The van der Waals surface area contributed by atoms with Gasteiger partial charge in [0.25, 0.3) is 0 Å². The topological polar surface area (TPSA) is 85.1 Å². The highest BCUT2D eigenvalue weighted by molar-refractivity contribution is 7.89. The molecule has 8 nitrogen and oxygen atoms in total. The summed E-state index contributed by atoms with van der Waals surface area (Å²) in [6, 6.07) is 0. The predicted molar refractivity (Wildman–Crippen MR) is 83.9 cm³/mol. The van der Waals surface area contributed by atoms with E-state index in [1.807, 2.05) is 0 Å². The zero-order chi connectivity index (χ0) is 16.9. The smallest absolute Gasteiger partial charge is 0.248 e. The van der Waals surface area contributed by atoms with Gasteiger partial charge in [0.2, 0.25) is 10.0 Å². The van der Waals surface area contributed by atoms with Crippen LogP contribution >= 0.6 is 0 Å². The van der Waals surface area contributed by atoms with E-state index in [2.05, 4.69) is 10.1 Å².